The summed E-state index contributed by atoms with van der Waals surface area (Å²) in [5.41, 5.74) is 0.953. The molecule has 1 amide bonds. The van der Waals surface area contributed by atoms with Crippen molar-refractivity contribution in [2.24, 2.45) is 0 Å². The highest BCUT2D eigenvalue weighted by Crippen LogP contribution is 2.29. The van der Waals surface area contributed by atoms with Crippen LogP contribution in [0.2, 0.25) is 0 Å². The minimum atomic E-state index is 0.0336. The van der Waals surface area contributed by atoms with Gasteiger partial charge in [0.05, 0.1) is 5.52 Å². The number of carbonyl (C=O) groups excluding carboxylic acids is 1. The molecule has 3 heterocycles. The van der Waals surface area contributed by atoms with E-state index < -0.39 is 0 Å². The van der Waals surface area contributed by atoms with Crippen LogP contribution in [0, 0.1) is 0 Å². The first-order valence-electron chi connectivity index (χ1n) is 9.47. The second-order valence-electron chi connectivity index (χ2n) is 7.15. The van der Waals surface area contributed by atoms with Crippen molar-refractivity contribution < 1.29 is 4.79 Å². The zero-order valence-corrected chi connectivity index (χ0v) is 15.1. The van der Waals surface area contributed by atoms with E-state index in [4.69, 9.17) is 0 Å². The number of amides is 1. The third kappa shape index (κ3) is 3.09. The van der Waals surface area contributed by atoms with Crippen molar-refractivity contribution in [1.29, 1.82) is 0 Å². The van der Waals surface area contributed by atoms with Crippen LogP contribution in [0.25, 0.3) is 10.9 Å². The molecule has 1 saturated heterocycles. The smallest absolute Gasteiger partial charge is 0.328 e. The van der Waals surface area contributed by atoms with Gasteiger partial charge < -0.3 is 15.1 Å². The number of fused-ring (bicyclic) bond motifs is 1. The van der Waals surface area contributed by atoms with Gasteiger partial charge in [0.2, 0.25) is 0 Å². The summed E-state index contributed by atoms with van der Waals surface area (Å²) >= 11 is 0. The highest BCUT2D eigenvalue weighted by atomic mass is 16.2. The maximum Gasteiger partial charge on any atom is 0.328 e. The summed E-state index contributed by atoms with van der Waals surface area (Å²) in [4.78, 5) is 26.1. The molecule has 2 aliphatic rings. The minimum Gasteiger partial charge on any atom is -0.364 e. The molecule has 1 N–H and O–H groups in total. The molecule has 1 aromatic carbocycles. The molecule has 1 aliphatic carbocycles. The van der Waals surface area contributed by atoms with Gasteiger partial charge in [-0.25, -0.2) is 14.8 Å². The van der Waals surface area contributed by atoms with Crippen molar-refractivity contribution in [3.05, 3.63) is 48.9 Å². The SMILES string of the molecule is O=C(N1CCN(c2nccnc2NC2CC2)CC1)n1ccc2ccccc21. The summed E-state index contributed by atoms with van der Waals surface area (Å²) in [6.45, 7) is 2.85. The van der Waals surface area contributed by atoms with Crippen LogP contribution in [-0.4, -0.2) is 57.7 Å². The minimum absolute atomic E-state index is 0.0336. The number of carbonyl (C=O) groups is 1. The number of aromatic nitrogens is 3. The largest absolute Gasteiger partial charge is 0.364 e. The molecule has 0 spiro atoms. The van der Waals surface area contributed by atoms with Crippen LogP contribution >= 0.6 is 0 Å². The summed E-state index contributed by atoms with van der Waals surface area (Å²) in [6, 6.07) is 10.5. The van der Waals surface area contributed by atoms with Crippen molar-refractivity contribution in [2.45, 2.75) is 18.9 Å². The predicted octanol–water partition coefficient (Wildman–Crippen LogP) is 2.80. The van der Waals surface area contributed by atoms with Gasteiger partial charge in [0, 0.05) is 56.2 Å². The fourth-order valence-corrected chi connectivity index (χ4v) is 3.60. The molecule has 0 atom stereocenters. The molecule has 0 unspecified atom stereocenters. The monoisotopic (exact) mass is 362 g/mol. The number of anilines is 2. The molecule has 0 bridgehead atoms. The number of piperazine rings is 1. The predicted molar refractivity (Wildman–Crippen MR) is 105 cm³/mol. The lowest BCUT2D eigenvalue weighted by atomic mass is 10.2. The van der Waals surface area contributed by atoms with Gasteiger partial charge in [-0.3, -0.25) is 4.57 Å². The molecule has 1 aliphatic heterocycles. The number of benzene rings is 1. The first kappa shape index (κ1) is 16.1. The molecule has 2 aromatic heterocycles. The Morgan fingerprint density at radius 3 is 2.59 bits per heavy atom. The van der Waals surface area contributed by atoms with Crippen molar-refractivity contribution in [3.8, 4) is 0 Å². The third-order valence-electron chi connectivity index (χ3n) is 5.25. The van der Waals surface area contributed by atoms with E-state index in [9.17, 15) is 4.79 Å². The second kappa shape index (κ2) is 6.57. The van der Waals surface area contributed by atoms with Crippen LogP contribution in [0.4, 0.5) is 16.4 Å². The average molecular weight is 362 g/mol. The van der Waals surface area contributed by atoms with Gasteiger partial charge in [-0.1, -0.05) is 18.2 Å². The summed E-state index contributed by atoms with van der Waals surface area (Å²) in [5.74, 6) is 1.75. The quantitative estimate of drug-likeness (QED) is 0.776. The van der Waals surface area contributed by atoms with E-state index >= 15 is 0 Å². The Morgan fingerprint density at radius 2 is 1.78 bits per heavy atom. The molecule has 1 saturated carbocycles. The Labute approximate surface area is 157 Å². The van der Waals surface area contributed by atoms with Crippen LogP contribution < -0.4 is 10.2 Å². The molecule has 27 heavy (non-hydrogen) atoms. The summed E-state index contributed by atoms with van der Waals surface area (Å²) < 4.78 is 1.74. The molecule has 7 heteroatoms. The zero-order valence-electron chi connectivity index (χ0n) is 15.1. The van der Waals surface area contributed by atoms with Gasteiger partial charge in [0.25, 0.3) is 0 Å². The summed E-state index contributed by atoms with van der Waals surface area (Å²) in [5, 5.41) is 4.54. The molecule has 3 aromatic rings. The highest BCUT2D eigenvalue weighted by Gasteiger charge is 2.27. The Kier molecular flexibility index (Phi) is 3.92. The average Bonchev–Trinajstić information content (AvgIpc) is 3.43. The zero-order chi connectivity index (χ0) is 18.2. The van der Waals surface area contributed by atoms with Crippen molar-refractivity contribution >= 4 is 28.6 Å². The molecule has 7 nitrogen and oxygen atoms in total. The Hall–Kier alpha value is -3.09. The van der Waals surface area contributed by atoms with E-state index in [2.05, 4.69) is 20.2 Å². The lowest BCUT2D eigenvalue weighted by Crippen LogP contribution is -2.50. The first-order valence-corrected chi connectivity index (χ1v) is 9.47. The number of hydrogen-bond acceptors (Lipinski definition) is 5. The Bertz CT molecular complexity index is 971. The van der Waals surface area contributed by atoms with Crippen LogP contribution in [0.3, 0.4) is 0 Å². The lowest BCUT2D eigenvalue weighted by Gasteiger charge is -2.35. The van der Waals surface area contributed by atoms with E-state index in [1.807, 2.05) is 41.4 Å². The molecule has 0 radical (unpaired) electrons. The van der Waals surface area contributed by atoms with E-state index in [0.717, 1.165) is 35.6 Å². The lowest BCUT2D eigenvalue weighted by molar-refractivity contribution is 0.197. The highest BCUT2D eigenvalue weighted by molar-refractivity contribution is 5.91. The number of para-hydroxylation sites is 1. The third-order valence-corrected chi connectivity index (χ3v) is 5.25. The Balaban J connectivity index is 1.30. The molecule has 2 fully saturated rings. The van der Waals surface area contributed by atoms with Crippen LogP contribution in [0.1, 0.15) is 12.8 Å². The van der Waals surface area contributed by atoms with Crippen LogP contribution in [0.5, 0.6) is 0 Å². The van der Waals surface area contributed by atoms with Crippen LogP contribution in [0.15, 0.2) is 48.9 Å². The van der Waals surface area contributed by atoms with Gasteiger partial charge >= 0.3 is 6.03 Å². The topological polar surface area (TPSA) is 66.3 Å². The summed E-state index contributed by atoms with van der Waals surface area (Å²) in [7, 11) is 0. The number of nitrogens with zero attached hydrogens (tertiary/aromatic N) is 5. The maximum atomic E-state index is 13.0. The van der Waals surface area contributed by atoms with E-state index in [1.165, 1.54) is 12.8 Å². The number of nitrogens with one attached hydrogen (secondary N) is 1. The molecular weight excluding hydrogens is 340 g/mol. The Morgan fingerprint density at radius 1 is 1.00 bits per heavy atom. The molecular formula is C20H22N6O. The van der Waals surface area contributed by atoms with Crippen molar-refractivity contribution in [3.63, 3.8) is 0 Å². The van der Waals surface area contributed by atoms with E-state index in [1.54, 1.807) is 17.0 Å². The van der Waals surface area contributed by atoms with E-state index in [0.29, 0.717) is 19.1 Å². The maximum absolute atomic E-state index is 13.0. The number of rotatable bonds is 3. The van der Waals surface area contributed by atoms with Crippen LogP contribution in [-0.2, 0) is 0 Å². The number of hydrogen-bond donors (Lipinski definition) is 1. The van der Waals surface area contributed by atoms with E-state index in [-0.39, 0.29) is 6.03 Å². The second-order valence-corrected chi connectivity index (χ2v) is 7.15. The summed E-state index contributed by atoms with van der Waals surface area (Å²) in [6.07, 6.45) is 7.72. The van der Waals surface area contributed by atoms with Crippen molar-refractivity contribution in [1.82, 2.24) is 19.4 Å². The van der Waals surface area contributed by atoms with Gasteiger partial charge in [-0.05, 0) is 25.0 Å². The fourth-order valence-electron chi connectivity index (χ4n) is 3.60. The van der Waals surface area contributed by atoms with Gasteiger partial charge in [0.1, 0.15) is 0 Å². The molecule has 5 rings (SSSR count). The normalized spacial score (nSPS) is 17.3. The first-order chi connectivity index (χ1) is 13.3. The molecule has 138 valence electrons. The van der Waals surface area contributed by atoms with Gasteiger partial charge in [-0.2, -0.15) is 0 Å². The fraction of sp³-hybridized carbons (Fsp3) is 0.350. The van der Waals surface area contributed by atoms with Gasteiger partial charge in [0.15, 0.2) is 11.6 Å². The van der Waals surface area contributed by atoms with Crippen molar-refractivity contribution in [2.75, 3.05) is 36.4 Å². The standard InChI is InChI=1S/C20H22N6O/c27-20(26-10-7-15-3-1-2-4-17(15)26)25-13-11-24(12-14-25)19-18(21-8-9-22-19)23-16-5-6-16/h1-4,7-10,16H,5-6,11-14H2,(H,21,23). The van der Waals surface area contributed by atoms with Gasteiger partial charge in [-0.15, -0.1) is 0 Å².